The maximum absolute atomic E-state index is 8.99. The quantitative estimate of drug-likeness (QED) is 0.772. The normalized spacial score (nSPS) is 23.2. The number of nitriles is 1. The van der Waals surface area contributed by atoms with E-state index < -0.39 is 0 Å². The number of hydrogen-bond donors (Lipinski definition) is 0. The van der Waals surface area contributed by atoms with E-state index in [1.54, 1.807) is 6.07 Å². The molecule has 108 valence electrons. The van der Waals surface area contributed by atoms with Gasteiger partial charge in [-0.05, 0) is 43.4 Å². The van der Waals surface area contributed by atoms with Crippen LogP contribution in [-0.2, 0) is 0 Å². The van der Waals surface area contributed by atoms with E-state index in [1.807, 2.05) is 18.2 Å². The monoisotopic (exact) mass is 272 g/mol. The van der Waals surface area contributed by atoms with Crippen LogP contribution in [0.4, 0.5) is 0 Å². The number of rotatable bonds is 5. The van der Waals surface area contributed by atoms with Gasteiger partial charge in [0, 0.05) is 13.1 Å². The summed E-state index contributed by atoms with van der Waals surface area (Å²) in [4.78, 5) is 2.53. The molecule has 1 fully saturated rings. The zero-order chi connectivity index (χ0) is 14.4. The highest BCUT2D eigenvalue weighted by Gasteiger charge is 2.21. The third kappa shape index (κ3) is 3.98. The summed E-state index contributed by atoms with van der Waals surface area (Å²) in [5, 5.41) is 8.99. The minimum atomic E-state index is 0.618. The Bertz CT molecular complexity index is 466. The third-order valence-corrected chi connectivity index (χ3v) is 4.30. The zero-order valence-corrected chi connectivity index (χ0v) is 12.5. The first-order chi connectivity index (χ1) is 9.70. The van der Waals surface area contributed by atoms with E-state index in [2.05, 4.69) is 24.8 Å². The number of nitrogens with zero attached hydrogens (tertiary/aromatic N) is 2. The van der Waals surface area contributed by atoms with Crippen LogP contribution < -0.4 is 4.74 Å². The highest BCUT2D eigenvalue weighted by molar-refractivity contribution is 5.42. The average molecular weight is 272 g/mol. The van der Waals surface area contributed by atoms with Crippen molar-refractivity contribution in [3.63, 3.8) is 0 Å². The molecule has 3 nitrogen and oxygen atoms in total. The molecule has 1 aliphatic rings. The van der Waals surface area contributed by atoms with Gasteiger partial charge in [0.15, 0.2) is 0 Å². The molecule has 2 rings (SSSR count). The molecule has 0 N–H and O–H groups in total. The Morgan fingerprint density at radius 2 is 2.10 bits per heavy atom. The van der Waals surface area contributed by atoms with Crippen LogP contribution in [0.2, 0.25) is 0 Å². The van der Waals surface area contributed by atoms with Crippen LogP contribution in [0.25, 0.3) is 0 Å². The fourth-order valence-electron chi connectivity index (χ4n) is 2.71. The first-order valence-corrected chi connectivity index (χ1v) is 7.55. The molecular weight excluding hydrogens is 248 g/mol. The van der Waals surface area contributed by atoms with Gasteiger partial charge < -0.3 is 9.64 Å². The highest BCUT2D eigenvalue weighted by atomic mass is 16.5. The predicted octanol–water partition coefficient (Wildman–Crippen LogP) is 3.31. The van der Waals surface area contributed by atoms with Crippen molar-refractivity contribution < 1.29 is 4.74 Å². The molecule has 1 aliphatic heterocycles. The van der Waals surface area contributed by atoms with E-state index in [1.165, 1.54) is 19.5 Å². The number of piperidine rings is 1. The van der Waals surface area contributed by atoms with E-state index in [4.69, 9.17) is 10.00 Å². The number of benzene rings is 1. The molecule has 0 radical (unpaired) electrons. The van der Waals surface area contributed by atoms with E-state index in [-0.39, 0.29) is 0 Å². The number of hydrogen-bond acceptors (Lipinski definition) is 3. The second-order valence-corrected chi connectivity index (χ2v) is 5.85. The molecule has 1 heterocycles. The lowest BCUT2D eigenvalue weighted by Gasteiger charge is -2.35. The third-order valence-electron chi connectivity index (χ3n) is 4.30. The summed E-state index contributed by atoms with van der Waals surface area (Å²) in [6, 6.07) is 9.59. The molecule has 0 saturated carbocycles. The van der Waals surface area contributed by atoms with Crippen molar-refractivity contribution in [3.05, 3.63) is 29.8 Å². The van der Waals surface area contributed by atoms with Crippen LogP contribution in [0, 0.1) is 23.2 Å². The fourth-order valence-corrected chi connectivity index (χ4v) is 2.71. The fraction of sp³-hybridized carbons (Fsp3) is 0.588. The van der Waals surface area contributed by atoms with E-state index >= 15 is 0 Å². The Morgan fingerprint density at radius 1 is 1.30 bits per heavy atom. The second kappa shape index (κ2) is 7.31. The van der Waals surface area contributed by atoms with Crippen molar-refractivity contribution in [2.45, 2.75) is 26.7 Å². The first-order valence-electron chi connectivity index (χ1n) is 7.55. The molecule has 1 saturated heterocycles. The van der Waals surface area contributed by atoms with Gasteiger partial charge in [0.1, 0.15) is 11.8 Å². The van der Waals surface area contributed by atoms with E-state index in [0.717, 1.165) is 24.8 Å². The molecule has 0 spiro atoms. The molecule has 2 unspecified atom stereocenters. The van der Waals surface area contributed by atoms with Crippen molar-refractivity contribution in [2.75, 3.05) is 26.2 Å². The second-order valence-electron chi connectivity index (χ2n) is 5.85. The first kappa shape index (κ1) is 14.9. The lowest BCUT2D eigenvalue weighted by Crippen LogP contribution is -2.39. The average Bonchev–Trinajstić information content (AvgIpc) is 2.47. The lowest BCUT2D eigenvalue weighted by atomic mass is 9.89. The van der Waals surface area contributed by atoms with Crippen LogP contribution >= 0.6 is 0 Å². The topological polar surface area (TPSA) is 36.3 Å². The predicted molar refractivity (Wildman–Crippen MR) is 80.7 cm³/mol. The Balaban J connectivity index is 1.71. The molecule has 2 atom stereocenters. The molecular formula is C17H24N2O. The van der Waals surface area contributed by atoms with Crippen LogP contribution in [0.3, 0.4) is 0 Å². The van der Waals surface area contributed by atoms with Crippen LogP contribution in [0.15, 0.2) is 24.3 Å². The number of likely N-dealkylation sites (tertiary alicyclic amines) is 1. The van der Waals surface area contributed by atoms with Crippen molar-refractivity contribution in [3.8, 4) is 11.8 Å². The smallest absolute Gasteiger partial charge is 0.137 e. The maximum atomic E-state index is 8.99. The van der Waals surface area contributed by atoms with Gasteiger partial charge in [0.25, 0.3) is 0 Å². The summed E-state index contributed by atoms with van der Waals surface area (Å²) in [5.74, 6) is 2.35. The lowest BCUT2D eigenvalue weighted by molar-refractivity contribution is 0.130. The minimum Gasteiger partial charge on any atom is -0.492 e. The number of ether oxygens (including phenoxy) is 1. The van der Waals surface area contributed by atoms with Gasteiger partial charge in [0.05, 0.1) is 12.2 Å². The summed E-state index contributed by atoms with van der Waals surface area (Å²) in [7, 11) is 0. The Labute approximate surface area is 122 Å². The largest absolute Gasteiger partial charge is 0.492 e. The molecule has 1 aromatic rings. The van der Waals surface area contributed by atoms with Crippen LogP contribution in [0.5, 0.6) is 5.75 Å². The highest BCUT2D eigenvalue weighted by Crippen LogP contribution is 2.22. The molecule has 20 heavy (non-hydrogen) atoms. The summed E-state index contributed by atoms with van der Waals surface area (Å²) in [6.45, 7) is 8.88. The standard InChI is InChI=1S/C17H24N2O/c1-14-8-10-19(13-15(14)2)9-5-11-20-17-7-4-3-6-16(17)12-18/h3-4,6-7,14-15H,5,8-11,13H2,1-2H3. The van der Waals surface area contributed by atoms with Crippen molar-refractivity contribution in [1.29, 1.82) is 5.26 Å². The minimum absolute atomic E-state index is 0.618. The van der Waals surface area contributed by atoms with Gasteiger partial charge >= 0.3 is 0 Å². The summed E-state index contributed by atoms with van der Waals surface area (Å²) in [6.07, 6.45) is 2.32. The number of para-hydroxylation sites is 1. The molecule has 3 heteroatoms. The molecule has 0 amide bonds. The summed E-state index contributed by atoms with van der Waals surface area (Å²) >= 11 is 0. The van der Waals surface area contributed by atoms with Gasteiger partial charge in [-0.2, -0.15) is 5.26 Å². The van der Waals surface area contributed by atoms with Crippen molar-refractivity contribution in [1.82, 2.24) is 4.90 Å². The van der Waals surface area contributed by atoms with Crippen molar-refractivity contribution >= 4 is 0 Å². The molecule has 0 aromatic heterocycles. The van der Waals surface area contributed by atoms with E-state index in [9.17, 15) is 0 Å². The molecule has 1 aromatic carbocycles. The van der Waals surface area contributed by atoms with Gasteiger partial charge in [-0.3, -0.25) is 0 Å². The van der Waals surface area contributed by atoms with Gasteiger partial charge in [-0.15, -0.1) is 0 Å². The Kier molecular flexibility index (Phi) is 5.43. The maximum Gasteiger partial charge on any atom is 0.137 e. The van der Waals surface area contributed by atoms with Crippen LogP contribution in [0.1, 0.15) is 32.3 Å². The van der Waals surface area contributed by atoms with Crippen LogP contribution in [-0.4, -0.2) is 31.1 Å². The molecule has 0 aliphatic carbocycles. The van der Waals surface area contributed by atoms with Gasteiger partial charge in [-0.25, -0.2) is 0 Å². The Hall–Kier alpha value is -1.53. The van der Waals surface area contributed by atoms with Crippen molar-refractivity contribution in [2.24, 2.45) is 11.8 Å². The van der Waals surface area contributed by atoms with Gasteiger partial charge in [-0.1, -0.05) is 26.0 Å². The summed E-state index contributed by atoms with van der Waals surface area (Å²) in [5.41, 5.74) is 0.618. The zero-order valence-electron chi connectivity index (χ0n) is 12.5. The van der Waals surface area contributed by atoms with E-state index in [0.29, 0.717) is 17.9 Å². The van der Waals surface area contributed by atoms with Gasteiger partial charge in [0.2, 0.25) is 0 Å². The Morgan fingerprint density at radius 3 is 2.85 bits per heavy atom. The SMILES string of the molecule is CC1CCN(CCCOc2ccccc2C#N)CC1C. The summed E-state index contributed by atoms with van der Waals surface area (Å²) < 4.78 is 5.72. The molecule has 0 bridgehead atoms.